The lowest BCUT2D eigenvalue weighted by molar-refractivity contribution is -0.122. The monoisotopic (exact) mass is 655 g/mol. The zero-order chi connectivity index (χ0) is 28.2. The van der Waals surface area contributed by atoms with Gasteiger partial charge >= 0.3 is 6.03 Å². The van der Waals surface area contributed by atoms with Gasteiger partial charge in [-0.3, -0.25) is 19.7 Å². The molecule has 0 atom stereocenters. The van der Waals surface area contributed by atoms with Crippen LogP contribution in [0.3, 0.4) is 0 Å². The van der Waals surface area contributed by atoms with Crippen LogP contribution in [0.25, 0.3) is 6.08 Å². The number of barbiturate groups is 1. The molecule has 40 heavy (non-hydrogen) atoms. The van der Waals surface area contributed by atoms with E-state index in [1.54, 1.807) is 49.4 Å². The molecule has 3 aromatic rings. The van der Waals surface area contributed by atoms with Crippen LogP contribution in [0.2, 0.25) is 0 Å². The number of hydrogen-bond donors (Lipinski definition) is 2. The number of anilines is 2. The Labute approximate surface area is 242 Å². The van der Waals surface area contributed by atoms with E-state index in [0.717, 1.165) is 4.90 Å². The molecule has 2 heterocycles. The van der Waals surface area contributed by atoms with Gasteiger partial charge in [0, 0.05) is 11.8 Å². The Morgan fingerprint density at radius 2 is 1.82 bits per heavy atom. The Kier molecular flexibility index (Phi) is 7.86. The maximum atomic E-state index is 13.3. The van der Waals surface area contributed by atoms with Gasteiger partial charge in [0.1, 0.15) is 5.57 Å². The normalized spacial score (nSPS) is 15.2. The van der Waals surface area contributed by atoms with E-state index in [1.165, 1.54) is 18.2 Å². The van der Waals surface area contributed by atoms with Gasteiger partial charge in [-0.15, -0.1) is 0 Å². The van der Waals surface area contributed by atoms with E-state index < -0.39 is 17.8 Å². The second kappa shape index (κ2) is 11.7. The van der Waals surface area contributed by atoms with Crippen molar-refractivity contribution in [3.05, 3.63) is 75.4 Å². The van der Waals surface area contributed by atoms with Crippen LogP contribution in [-0.4, -0.2) is 43.8 Å². The van der Waals surface area contributed by atoms with E-state index in [-0.39, 0.29) is 30.6 Å². The lowest BCUT2D eigenvalue weighted by Gasteiger charge is -2.26. The fourth-order valence-electron chi connectivity index (χ4n) is 4.01. The summed E-state index contributed by atoms with van der Waals surface area (Å²) >= 11 is 2.02. The Morgan fingerprint density at radius 3 is 2.60 bits per heavy atom. The zero-order valence-corrected chi connectivity index (χ0v) is 23.2. The maximum absolute atomic E-state index is 13.3. The predicted octanol–water partition coefficient (Wildman–Crippen LogP) is 4.10. The predicted molar refractivity (Wildman–Crippen MR) is 152 cm³/mol. The van der Waals surface area contributed by atoms with Crippen molar-refractivity contribution in [3.63, 3.8) is 0 Å². The van der Waals surface area contributed by atoms with Gasteiger partial charge in [-0.25, -0.2) is 9.69 Å². The Morgan fingerprint density at radius 1 is 1.05 bits per heavy atom. The molecule has 0 spiro atoms. The quantitative estimate of drug-likeness (QED) is 0.211. The molecule has 2 N–H and O–H groups in total. The summed E-state index contributed by atoms with van der Waals surface area (Å²) in [7, 11) is 0. The first-order valence-corrected chi connectivity index (χ1v) is 13.2. The number of urea groups is 1. The molecular weight excluding hydrogens is 633 g/mol. The summed E-state index contributed by atoms with van der Waals surface area (Å²) in [6.07, 6.45) is 1.36. The average Bonchev–Trinajstić information content (AvgIpc) is 3.39. The second-order valence-electron chi connectivity index (χ2n) is 8.46. The first-order valence-electron chi connectivity index (χ1n) is 12.1. The number of imide groups is 2. The molecule has 0 unspecified atom stereocenters. The summed E-state index contributed by atoms with van der Waals surface area (Å²) in [6, 6.07) is 15.9. The maximum Gasteiger partial charge on any atom is 0.335 e. The molecule has 0 saturated carbocycles. The molecule has 12 heteroatoms. The molecular formula is C28H22IN3O8. The summed E-state index contributed by atoms with van der Waals surface area (Å²) in [5, 5.41) is 4.95. The lowest BCUT2D eigenvalue weighted by atomic mass is 10.1. The highest BCUT2D eigenvalue weighted by molar-refractivity contribution is 14.1. The molecule has 0 aliphatic carbocycles. The number of rotatable bonds is 8. The van der Waals surface area contributed by atoms with Gasteiger partial charge in [-0.2, -0.15) is 0 Å². The minimum absolute atomic E-state index is 0.0285. The van der Waals surface area contributed by atoms with Crippen LogP contribution in [0.1, 0.15) is 12.5 Å². The van der Waals surface area contributed by atoms with Crippen molar-refractivity contribution in [1.29, 1.82) is 0 Å². The third-order valence-electron chi connectivity index (χ3n) is 5.76. The number of carbonyl (C=O) groups excluding carboxylic acids is 4. The molecule has 1 saturated heterocycles. The van der Waals surface area contributed by atoms with Gasteiger partial charge in [0.15, 0.2) is 29.6 Å². The summed E-state index contributed by atoms with van der Waals surface area (Å²) in [4.78, 5) is 51.9. The van der Waals surface area contributed by atoms with Crippen LogP contribution in [0, 0.1) is 3.57 Å². The molecule has 204 valence electrons. The standard InChI is InChI=1S/C28H22IN3O8/c1-2-37-23-12-16(11-20(29)25(23)38-14-24(33)30-17-6-4-3-5-7-17)10-19-26(34)31-28(36)32(27(19)35)18-8-9-21-22(13-18)40-15-39-21/h3-13H,2,14-15H2,1H3,(H,30,33)(H,31,34,36)/b19-10+. The van der Waals surface area contributed by atoms with Crippen LogP contribution in [-0.2, 0) is 14.4 Å². The minimum atomic E-state index is -0.881. The van der Waals surface area contributed by atoms with Crippen molar-refractivity contribution in [1.82, 2.24) is 5.32 Å². The van der Waals surface area contributed by atoms with E-state index in [1.807, 2.05) is 28.7 Å². The summed E-state index contributed by atoms with van der Waals surface area (Å²) in [5.41, 5.74) is 1.05. The molecule has 0 bridgehead atoms. The number of benzene rings is 3. The molecule has 0 aromatic heterocycles. The van der Waals surface area contributed by atoms with Gasteiger partial charge < -0.3 is 24.3 Å². The highest BCUT2D eigenvalue weighted by atomic mass is 127. The van der Waals surface area contributed by atoms with Gasteiger partial charge in [0.2, 0.25) is 6.79 Å². The third-order valence-corrected chi connectivity index (χ3v) is 6.57. The Balaban J connectivity index is 1.39. The smallest absolute Gasteiger partial charge is 0.335 e. The summed E-state index contributed by atoms with van der Waals surface area (Å²) in [6.45, 7) is 1.85. The Bertz CT molecular complexity index is 1540. The molecule has 5 amide bonds. The molecule has 5 rings (SSSR count). The topological polar surface area (TPSA) is 133 Å². The summed E-state index contributed by atoms with van der Waals surface area (Å²) in [5.74, 6) is -0.474. The van der Waals surface area contributed by atoms with E-state index in [0.29, 0.717) is 44.4 Å². The molecule has 11 nitrogen and oxygen atoms in total. The number of amides is 5. The van der Waals surface area contributed by atoms with Crippen molar-refractivity contribution >= 4 is 63.8 Å². The van der Waals surface area contributed by atoms with Gasteiger partial charge in [-0.05, 0) is 77.6 Å². The number of hydrogen-bond acceptors (Lipinski definition) is 8. The fourth-order valence-corrected chi connectivity index (χ4v) is 4.79. The van der Waals surface area contributed by atoms with Crippen LogP contribution in [0.5, 0.6) is 23.0 Å². The van der Waals surface area contributed by atoms with Gasteiger partial charge in [0.05, 0.1) is 15.9 Å². The van der Waals surface area contributed by atoms with E-state index in [2.05, 4.69) is 10.6 Å². The van der Waals surface area contributed by atoms with Crippen LogP contribution < -0.4 is 34.5 Å². The zero-order valence-electron chi connectivity index (χ0n) is 21.1. The van der Waals surface area contributed by atoms with E-state index >= 15 is 0 Å². The van der Waals surface area contributed by atoms with Crippen LogP contribution in [0.4, 0.5) is 16.2 Å². The van der Waals surface area contributed by atoms with Crippen molar-refractivity contribution in [3.8, 4) is 23.0 Å². The largest absolute Gasteiger partial charge is 0.490 e. The van der Waals surface area contributed by atoms with Crippen LogP contribution >= 0.6 is 22.6 Å². The first-order chi connectivity index (χ1) is 19.3. The number of halogens is 1. The van der Waals surface area contributed by atoms with E-state index in [9.17, 15) is 19.2 Å². The van der Waals surface area contributed by atoms with Crippen molar-refractivity contribution < 1.29 is 38.1 Å². The number of nitrogens with one attached hydrogen (secondary N) is 2. The number of fused-ring (bicyclic) bond motifs is 1. The molecule has 1 fully saturated rings. The first kappa shape index (κ1) is 27.0. The SMILES string of the molecule is CCOc1cc(/C=C2\C(=O)NC(=O)N(c3ccc4c(c3)OCO4)C2=O)cc(I)c1OCC(=O)Nc1ccccc1. The number of para-hydroxylation sites is 1. The van der Waals surface area contributed by atoms with Crippen molar-refractivity contribution in [2.24, 2.45) is 0 Å². The third kappa shape index (κ3) is 5.71. The van der Waals surface area contributed by atoms with Crippen molar-refractivity contribution in [2.45, 2.75) is 6.92 Å². The van der Waals surface area contributed by atoms with Crippen LogP contribution in [0.15, 0.2) is 66.2 Å². The highest BCUT2D eigenvalue weighted by Crippen LogP contribution is 2.37. The molecule has 3 aromatic carbocycles. The lowest BCUT2D eigenvalue weighted by Crippen LogP contribution is -2.54. The summed E-state index contributed by atoms with van der Waals surface area (Å²) < 4.78 is 22.7. The molecule has 2 aliphatic heterocycles. The Hall–Kier alpha value is -4.59. The molecule has 0 radical (unpaired) electrons. The number of carbonyl (C=O) groups is 4. The van der Waals surface area contributed by atoms with Gasteiger partial charge in [0.25, 0.3) is 17.7 Å². The number of ether oxygens (including phenoxy) is 4. The van der Waals surface area contributed by atoms with E-state index in [4.69, 9.17) is 18.9 Å². The fraction of sp³-hybridized carbons (Fsp3) is 0.143. The molecule has 2 aliphatic rings. The second-order valence-corrected chi connectivity index (χ2v) is 9.62. The average molecular weight is 655 g/mol. The van der Waals surface area contributed by atoms with Crippen molar-refractivity contribution in [2.75, 3.05) is 30.2 Å². The number of nitrogens with zero attached hydrogens (tertiary/aromatic N) is 1. The minimum Gasteiger partial charge on any atom is -0.490 e. The van der Waals surface area contributed by atoms with Gasteiger partial charge in [-0.1, -0.05) is 18.2 Å². The highest BCUT2D eigenvalue weighted by Gasteiger charge is 2.37.